The second kappa shape index (κ2) is 14.9. The quantitative estimate of drug-likeness (QED) is 0.616. The summed E-state index contributed by atoms with van der Waals surface area (Å²) in [7, 11) is 0. The second-order valence-corrected chi connectivity index (χ2v) is 2.85. The van der Waals surface area contributed by atoms with Crippen LogP contribution in [0.25, 0.3) is 0 Å². The summed E-state index contributed by atoms with van der Waals surface area (Å²) in [5, 5.41) is 0. The van der Waals surface area contributed by atoms with Gasteiger partial charge in [0.15, 0.2) is 5.78 Å². The van der Waals surface area contributed by atoms with E-state index in [0.717, 1.165) is 12.1 Å². The zero-order chi connectivity index (χ0) is 17.5. The minimum atomic E-state index is -4.70. The SMILES string of the molecule is CC.CC.CC.CCC(=O)c1ccc(OC(F)(F)F)cc1. The number of hydrogen-bond acceptors (Lipinski definition) is 2. The lowest BCUT2D eigenvalue weighted by molar-refractivity contribution is -0.274. The van der Waals surface area contributed by atoms with Crippen LogP contribution in [-0.2, 0) is 0 Å². The van der Waals surface area contributed by atoms with Gasteiger partial charge in [-0.1, -0.05) is 48.5 Å². The molecule has 0 amide bonds. The summed E-state index contributed by atoms with van der Waals surface area (Å²) in [5.74, 6) is -0.441. The van der Waals surface area contributed by atoms with E-state index in [-0.39, 0.29) is 11.5 Å². The molecular weight excluding hydrogens is 281 g/mol. The molecule has 0 bridgehead atoms. The highest BCUT2D eigenvalue weighted by Crippen LogP contribution is 2.22. The number of alkyl halides is 3. The summed E-state index contributed by atoms with van der Waals surface area (Å²) < 4.78 is 39.0. The fourth-order valence-corrected chi connectivity index (χ4v) is 1.05. The third-order valence-corrected chi connectivity index (χ3v) is 1.73. The fraction of sp³-hybridized carbons (Fsp3) is 0.562. The molecule has 0 saturated heterocycles. The van der Waals surface area contributed by atoms with Crippen LogP contribution in [-0.4, -0.2) is 12.1 Å². The van der Waals surface area contributed by atoms with E-state index in [4.69, 9.17) is 0 Å². The number of carbonyl (C=O) groups is 1. The van der Waals surface area contributed by atoms with Crippen LogP contribution in [0.5, 0.6) is 5.75 Å². The Kier molecular flexibility index (Phi) is 17.4. The Morgan fingerprint density at radius 2 is 1.33 bits per heavy atom. The van der Waals surface area contributed by atoms with E-state index in [1.807, 2.05) is 41.5 Å². The molecule has 0 N–H and O–H groups in total. The molecule has 0 aliphatic heterocycles. The molecule has 0 fully saturated rings. The van der Waals surface area contributed by atoms with Gasteiger partial charge in [0.25, 0.3) is 0 Å². The van der Waals surface area contributed by atoms with E-state index >= 15 is 0 Å². The smallest absolute Gasteiger partial charge is 0.406 e. The summed E-state index contributed by atoms with van der Waals surface area (Å²) in [6.45, 7) is 13.7. The molecule has 2 nitrogen and oxygen atoms in total. The molecule has 1 rings (SSSR count). The zero-order valence-corrected chi connectivity index (χ0v) is 14.0. The number of hydrogen-bond donors (Lipinski definition) is 0. The van der Waals surface area contributed by atoms with E-state index in [0.29, 0.717) is 12.0 Å². The van der Waals surface area contributed by atoms with Gasteiger partial charge in [-0.15, -0.1) is 13.2 Å². The summed E-state index contributed by atoms with van der Waals surface area (Å²) >= 11 is 0. The van der Waals surface area contributed by atoms with Crippen molar-refractivity contribution in [2.75, 3.05) is 0 Å². The maximum atomic E-state index is 11.8. The number of ketones is 1. The average molecular weight is 308 g/mol. The number of halogens is 3. The maximum absolute atomic E-state index is 11.8. The van der Waals surface area contributed by atoms with E-state index in [1.54, 1.807) is 6.92 Å². The monoisotopic (exact) mass is 308 g/mol. The molecule has 0 unspecified atom stereocenters. The van der Waals surface area contributed by atoms with Gasteiger partial charge in [0.05, 0.1) is 0 Å². The highest BCUT2D eigenvalue weighted by molar-refractivity contribution is 5.95. The number of ether oxygens (including phenoxy) is 1. The molecule has 0 spiro atoms. The van der Waals surface area contributed by atoms with Crippen molar-refractivity contribution in [2.24, 2.45) is 0 Å². The van der Waals surface area contributed by atoms with Crippen LogP contribution in [0.4, 0.5) is 13.2 Å². The summed E-state index contributed by atoms with van der Waals surface area (Å²) in [6, 6.07) is 4.87. The van der Waals surface area contributed by atoms with Crippen molar-refractivity contribution in [1.82, 2.24) is 0 Å². The first-order valence-electron chi connectivity index (χ1n) is 7.31. The number of benzene rings is 1. The topological polar surface area (TPSA) is 26.3 Å². The predicted molar refractivity (Wildman–Crippen MR) is 81.8 cm³/mol. The molecule has 1 aromatic carbocycles. The normalized spacial score (nSPS) is 8.86. The molecule has 1 aromatic rings. The molecule has 0 saturated carbocycles. The first-order valence-corrected chi connectivity index (χ1v) is 7.31. The molecule has 0 radical (unpaired) electrons. The molecular formula is C16H27F3O2. The lowest BCUT2D eigenvalue weighted by Gasteiger charge is -2.08. The van der Waals surface area contributed by atoms with Gasteiger partial charge in [0.2, 0.25) is 0 Å². The molecule has 5 heteroatoms. The van der Waals surface area contributed by atoms with Gasteiger partial charge in [-0.25, -0.2) is 0 Å². The Labute approximate surface area is 126 Å². The molecule has 0 heterocycles. The second-order valence-electron chi connectivity index (χ2n) is 2.85. The minimum absolute atomic E-state index is 0.117. The van der Waals surface area contributed by atoms with Gasteiger partial charge < -0.3 is 4.74 Å². The standard InChI is InChI=1S/C10H9F3O2.3C2H6/c1-2-9(14)7-3-5-8(6-4-7)15-10(11,12)13;3*1-2/h3-6H,2H2,1H3;3*1-2H3. The Morgan fingerprint density at radius 1 is 0.952 bits per heavy atom. The number of Topliss-reactive ketones (excluding diaryl/α,β-unsaturated/α-hetero) is 1. The highest BCUT2D eigenvalue weighted by Gasteiger charge is 2.30. The fourth-order valence-electron chi connectivity index (χ4n) is 1.05. The van der Waals surface area contributed by atoms with Gasteiger partial charge in [-0.3, -0.25) is 4.79 Å². The zero-order valence-electron chi connectivity index (χ0n) is 14.0. The van der Waals surface area contributed by atoms with Crippen LogP contribution in [0.3, 0.4) is 0 Å². The lowest BCUT2D eigenvalue weighted by Crippen LogP contribution is -2.17. The number of carbonyl (C=O) groups excluding carboxylic acids is 1. The van der Waals surface area contributed by atoms with Crippen molar-refractivity contribution in [3.63, 3.8) is 0 Å². The summed E-state index contributed by atoms with van der Waals surface area (Å²) in [5.41, 5.74) is 0.382. The van der Waals surface area contributed by atoms with E-state index < -0.39 is 6.36 Å². The van der Waals surface area contributed by atoms with Gasteiger partial charge in [-0.2, -0.15) is 0 Å². The predicted octanol–water partition coefficient (Wildman–Crippen LogP) is 6.26. The molecule has 0 aliphatic rings. The Morgan fingerprint density at radius 3 is 1.62 bits per heavy atom. The molecule has 0 atom stereocenters. The van der Waals surface area contributed by atoms with Gasteiger partial charge in [-0.05, 0) is 24.3 Å². The minimum Gasteiger partial charge on any atom is -0.406 e. The van der Waals surface area contributed by atoms with Crippen LogP contribution in [0, 0.1) is 0 Å². The summed E-state index contributed by atoms with van der Waals surface area (Å²) in [6.07, 6.45) is -4.38. The van der Waals surface area contributed by atoms with Crippen molar-refractivity contribution in [3.8, 4) is 5.75 Å². The highest BCUT2D eigenvalue weighted by atomic mass is 19.4. The average Bonchev–Trinajstić information content (AvgIpc) is 2.51. The number of rotatable bonds is 3. The maximum Gasteiger partial charge on any atom is 0.573 e. The van der Waals surface area contributed by atoms with E-state index in [1.165, 1.54) is 12.1 Å². The largest absolute Gasteiger partial charge is 0.573 e. The molecule has 0 aromatic heterocycles. The van der Waals surface area contributed by atoms with Gasteiger partial charge in [0, 0.05) is 12.0 Å². The van der Waals surface area contributed by atoms with Crippen molar-refractivity contribution < 1.29 is 22.7 Å². The van der Waals surface area contributed by atoms with Crippen LogP contribution < -0.4 is 4.74 Å². The lowest BCUT2D eigenvalue weighted by atomic mass is 10.1. The van der Waals surface area contributed by atoms with Crippen molar-refractivity contribution in [1.29, 1.82) is 0 Å². The van der Waals surface area contributed by atoms with Crippen molar-refractivity contribution >= 4 is 5.78 Å². The summed E-state index contributed by atoms with van der Waals surface area (Å²) in [4.78, 5) is 11.1. The van der Waals surface area contributed by atoms with Crippen molar-refractivity contribution in [3.05, 3.63) is 29.8 Å². The van der Waals surface area contributed by atoms with Gasteiger partial charge in [0.1, 0.15) is 5.75 Å². The molecule has 21 heavy (non-hydrogen) atoms. The van der Waals surface area contributed by atoms with Crippen LogP contribution in [0.1, 0.15) is 65.2 Å². The van der Waals surface area contributed by atoms with Crippen molar-refractivity contribution in [2.45, 2.75) is 61.2 Å². The first-order chi connectivity index (χ1) is 9.92. The van der Waals surface area contributed by atoms with Crippen LogP contribution in [0.2, 0.25) is 0 Å². The van der Waals surface area contributed by atoms with Crippen LogP contribution >= 0.6 is 0 Å². The first kappa shape index (κ1) is 24.5. The Balaban J connectivity index is -0.000000478. The Bertz CT molecular complexity index is 344. The third-order valence-electron chi connectivity index (χ3n) is 1.73. The van der Waals surface area contributed by atoms with Gasteiger partial charge >= 0.3 is 6.36 Å². The molecule has 0 aliphatic carbocycles. The van der Waals surface area contributed by atoms with E-state index in [9.17, 15) is 18.0 Å². The third kappa shape index (κ3) is 13.2. The van der Waals surface area contributed by atoms with Crippen LogP contribution in [0.15, 0.2) is 24.3 Å². The Hall–Kier alpha value is -1.52. The molecule has 124 valence electrons. The van der Waals surface area contributed by atoms with E-state index in [2.05, 4.69) is 4.74 Å².